The van der Waals surface area contributed by atoms with Crippen molar-refractivity contribution in [2.45, 2.75) is 34.7 Å². The molecule has 1 atom stereocenters. The number of sulfonamides is 1. The summed E-state index contributed by atoms with van der Waals surface area (Å²) in [6.07, 6.45) is 1.08. The first kappa shape index (κ1) is 15.3. The zero-order chi connectivity index (χ0) is 14.0. The SMILES string of the molecule is CCCN1CC(NCC)c2cc(S(N)(=O)=O)sc2S1. The number of hydrogen-bond acceptors (Lipinski definition) is 6. The number of nitrogens with one attached hydrogen (secondary N) is 1. The molecule has 5 nitrogen and oxygen atoms in total. The molecule has 0 bridgehead atoms. The van der Waals surface area contributed by atoms with E-state index in [1.165, 1.54) is 11.3 Å². The van der Waals surface area contributed by atoms with Crippen molar-refractivity contribution in [1.29, 1.82) is 0 Å². The monoisotopic (exact) mass is 321 g/mol. The summed E-state index contributed by atoms with van der Waals surface area (Å²) in [6.45, 7) is 6.94. The second kappa shape index (κ2) is 6.11. The van der Waals surface area contributed by atoms with Crippen LogP contribution in [0.3, 0.4) is 0 Å². The molecule has 2 heterocycles. The van der Waals surface area contributed by atoms with Crippen molar-refractivity contribution in [1.82, 2.24) is 9.62 Å². The average Bonchev–Trinajstić information content (AvgIpc) is 2.73. The van der Waals surface area contributed by atoms with Crippen LogP contribution in [0.1, 0.15) is 31.9 Å². The molecule has 1 aromatic rings. The number of nitrogens with zero attached hydrogens (tertiary/aromatic N) is 1. The lowest BCUT2D eigenvalue weighted by Gasteiger charge is -2.31. The van der Waals surface area contributed by atoms with Gasteiger partial charge in [-0.2, -0.15) is 0 Å². The Labute approximate surface area is 122 Å². The van der Waals surface area contributed by atoms with Gasteiger partial charge < -0.3 is 5.32 Å². The molecule has 0 radical (unpaired) electrons. The number of fused-ring (bicyclic) bond motifs is 1. The molecule has 1 aliphatic heterocycles. The summed E-state index contributed by atoms with van der Waals surface area (Å²) in [7, 11) is -3.61. The van der Waals surface area contributed by atoms with Crippen molar-refractivity contribution in [3.05, 3.63) is 11.6 Å². The highest BCUT2D eigenvalue weighted by molar-refractivity contribution is 7.99. The molecule has 0 aliphatic carbocycles. The quantitative estimate of drug-likeness (QED) is 0.809. The van der Waals surface area contributed by atoms with E-state index >= 15 is 0 Å². The Hall–Kier alpha value is -0.120. The van der Waals surface area contributed by atoms with Gasteiger partial charge >= 0.3 is 0 Å². The lowest BCUT2D eigenvalue weighted by molar-refractivity contribution is 0.380. The van der Waals surface area contributed by atoms with Gasteiger partial charge in [-0.15, -0.1) is 11.3 Å². The number of rotatable bonds is 5. The first-order valence-corrected chi connectivity index (χ1v) is 9.42. The third-order valence-corrected chi connectivity index (χ3v) is 6.71. The van der Waals surface area contributed by atoms with Crippen LogP contribution in [0.5, 0.6) is 0 Å². The molecular weight excluding hydrogens is 302 g/mol. The van der Waals surface area contributed by atoms with Crippen LogP contribution in [0.2, 0.25) is 0 Å². The largest absolute Gasteiger partial charge is 0.309 e. The Balaban J connectivity index is 2.33. The topological polar surface area (TPSA) is 75.4 Å². The molecule has 0 saturated heterocycles. The van der Waals surface area contributed by atoms with Gasteiger partial charge in [0.1, 0.15) is 4.21 Å². The molecule has 1 aliphatic rings. The van der Waals surface area contributed by atoms with Crippen molar-refractivity contribution in [2.75, 3.05) is 19.6 Å². The molecule has 3 N–H and O–H groups in total. The fourth-order valence-corrected chi connectivity index (χ4v) is 5.71. The summed E-state index contributed by atoms with van der Waals surface area (Å²) >= 11 is 2.91. The lowest BCUT2D eigenvalue weighted by atomic mass is 10.1. The molecule has 8 heteroatoms. The maximum absolute atomic E-state index is 11.5. The van der Waals surface area contributed by atoms with Crippen LogP contribution in [0.4, 0.5) is 0 Å². The first-order valence-electron chi connectivity index (χ1n) is 6.28. The van der Waals surface area contributed by atoms with Crippen LogP contribution in [-0.2, 0) is 10.0 Å². The highest BCUT2D eigenvalue weighted by atomic mass is 32.3. The van der Waals surface area contributed by atoms with E-state index in [-0.39, 0.29) is 10.3 Å². The second-order valence-corrected chi connectivity index (χ2v) is 8.65. The van der Waals surface area contributed by atoms with Gasteiger partial charge in [0.05, 0.1) is 4.21 Å². The molecule has 19 heavy (non-hydrogen) atoms. The Morgan fingerprint density at radius 2 is 2.26 bits per heavy atom. The fraction of sp³-hybridized carbons (Fsp3) is 0.636. The van der Waals surface area contributed by atoms with Crippen molar-refractivity contribution >= 4 is 33.3 Å². The van der Waals surface area contributed by atoms with E-state index in [9.17, 15) is 8.42 Å². The molecule has 0 fully saturated rings. The van der Waals surface area contributed by atoms with E-state index in [1.807, 2.05) is 0 Å². The van der Waals surface area contributed by atoms with Gasteiger partial charge in [0.25, 0.3) is 0 Å². The van der Waals surface area contributed by atoms with E-state index in [0.717, 1.165) is 35.8 Å². The van der Waals surface area contributed by atoms with Crippen LogP contribution in [0.25, 0.3) is 0 Å². The molecule has 1 aromatic heterocycles. The molecule has 0 saturated carbocycles. The van der Waals surface area contributed by atoms with Crippen molar-refractivity contribution < 1.29 is 8.42 Å². The van der Waals surface area contributed by atoms with Gasteiger partial charge in [0.15, 0.2) is 0 Å². The number of hydrogen-bond donors (Lipinski definition) is 2. The Bertz CT molecular complexity index is 541. The van der Waals surface area contributed by atoms with E-state index < -0.39 is 10.0 Å². The van der Waals surface area contributed by atoms with Gasteiger partial charge in [0.2, 0.25) is 10.0 Å². The van der Waals surface area contributed by atoms with E-state index in [0.29, 0.717) is 0 Å². The summed E-state index contributed by atoms with van der Waals surface area (Å²) in [5, 5.41) is 8.63. The predicted octanol–water partition coefficient (Wildman–Crippen LogP) is 1.78. The number of likely N-dealkylation sites (N-methyl/N-ethyl adjacent to an activating group) is 1. The first-order chi connectivity index (χ1) is 8.95. The molecule has 108 valence electrons. The van der Waals surface area contributed by atoms with Crippen LogP contribution >= 0.6 is 23.3 Å². The second-order valence-electron chi connectivity index (χ2n) is 4.44. The maximum atomic E-state index is 11.5. The molecular formula is C11H19N3O2S3. The molecule has 0 amide bonds. The minimum atomic E-state index is -3.61. The molecule has 0 spiro atoms. The Morgan fingerprint density at radius 1 is 1.53 bits per heavy atom. The summed E-state index contributed by atoms with van der Waals surface area (Å²) < 4.78 is 26.5. The summed E-state index contributed by atoms with van der Waals surface area (Å²) in [6, 6.07) is 1.90. The number of primary sulfonamides is 1. The van der Waals surface area contributed by atoms with Gasteiger partial charge in [-0.3, -0.25) is 0 Å². The van der Waals surface area contributed by atoms with Gasteiger partial charge in [-0.1, -0.05) is 13.8 Å². The van der Waals surface area contributed by atoms with Crippen molar-refractivity contribution in [3.8, 4) is 0 Å². The van der Waals surface area contributed by atoms with Crippen LogP contribution in [0, 0.1) is 0 Å². The minimum Gasteiger partial charge on any atom is -0.309 e. The number of thiophene rings is 1. The van der Waals surface area contributed by atoms with Crippen LogP contribution < -0.4 is 10.5 Å². The normalized spacial score (nSPS) is 20.5. The smallest absolute Gasteiger partial charge is 0.247 e. The van der Waals surface area contributed by atoms with Gasteiger partial charge in [-0.25, -0.2) is 17.9 Å². The molecule has 2 rings (SSSR count). The Kier molecular flexibility index (Phi) is 4.91. The average molecular weight is 321 g/mol. The van der Waals surface area contributed by atoms with Gasteiger partial charge in [-0.05, 0) is 36.5 Å². The highest BCUT2D eigenvalue weighted by Gasteiger charge is 2.29. The zero-order valence-electron chi connectivity index (χ0n) is 11.0. The molecule has 1 unspecified atom stereocenters. The summed E-state index contributed by atoms with van der Waals surface area (Å²) in [4.78, 5) is 0. The standard InChI is InChI=1S/C11H19N3O2S3/c1-3-5-14-7-9(13-4-2)8-6-10(19(12,15)16)17-11(8)18-14/h6,9,13H,3-5,7H2,1-2H3,(H2,12,15,16). The molecule has 0 aromatic carbocycles. The zero-order valence-corrected chi connectivity index (χ0v) is 13.5. The van der Waals surface area contributed by atoms with Crippen molar-refractivity contribution in [2.24, 2.45) is 5.14 Å². The maximum Gasteiger partial charge on any atom is 0.247 e. The third kappa shape index (κ3) is 3.50. The van der Waals surface area contributed by atoms with Crippen LogP contribution in [0.15, 0.2) is 14.5 Å². The Morgan fingerprint density at radius 3 is 2.84 bits per heavy atom. The summed E-state index contributed by atoms with van der Waals surface area (Å²) in [5.41, 5.74) is 1.06. The van der Waals surface area contributed by atoms with Gasteiger partial charge in [0, 0.05) is 19.1 Å². The van der Waals surface area contributed by atoms with Crippen molar-refractivity contribution in [3.63, 3.8) is 0 Å². The highest BCUT2D eigenvalue weighted by Crippen LogP contribution is 2.43. The predicted molar refractivity (Wildman–Crippen MR) is 79.8 cm³/mol. The minimum absolute atomic E-state index is 0.180. The van der Waals surface area contributed by atoms with E-state index in [2.05, 4.69) is 23.5 Å². The lowest BCUT2D eigenvalue weighted by Crippen LogP contribution is -2.35. The van der Waals surface area contributed by atoms with E-state index in [1.54, 1.807) is 18.0 Å². The van der Waals surface area contributed by atoms with Crippen LogP contribution in [-0.4, -0.2) is 32.4 Å². The third-order valence-electron chi connectivity index (χ3n) is 2.88. The fourth-order valence-electron chi connectivity index (χ4n) is 2.08. The number of nitrogens with two attached hydrogens (primary N) is 1. The van der Waals surface area contributed by atoms with E-state index in [4.69, 9.17) is 5.14 Å². The summed E-state index contributed by atoms with van der Waals surface area (Å²) in [5.74, 6) is 0.